The average Bonchev–Trinajstić information content (AvgIpc) is 2.11. The third-order valence-electron chi connectivity index (χ3n) is 2.67. The molecule has 0 saturated carbocycles. The highest BCUT2D eigenvalue weighted by Crippen LogP contribution is 2.19. The summed E-state index contributed by atoms with van der Waals surface area (Å²) < 4.78 is 0. The number of hydrogen-bond donors (Lipinski definition) is 1. The number of rotatable bonds is 4. The molecule has 4 nitrogen and oxygen atoms in total. The van der Waals surface area contributed by atoms with Crippen LogP contribution in [-0.2, 0) is 9.59 Å². The lowest BCUT2D eigenvalue weighted by atomic mass is 9.98. The fourth-order valence-corrected chi connectivity index (χ4v) is 1.93. The summed E-state index contributed by atoms with van der Waals surface area (Å²) in [6.45, 7) is 3.78. The van der Waals surface area contributed by atoms with Gasteiger partial charge in [-0.3, -0.25) is 14.5 Å². The van der Waals surface area contributed by atoms with Gasteiger partial charge in [0.15, 0.2) is 0 Å². The largest absolute Gasteiger partial charge is 0.388 e. The molecule has 0 aromatic heterocycles. The third kappa shape index (κ3) is 3.30. The fourth-order valence-electron chi connectivity index (χ4n) is 1.93. The average molecular weight is 213 g/mol. The summed E-state index contributed by atoms with van der Waals surface area (Å²) in [4.78, 5) is 24.2. The first-order valence-corrected chi connectivity index (χ1v) is 5.52. The molecule has 86 valence electrons. The SMILES string of the molecule is CCCC(C)(O)CN1C(=O)CCCC1=O. The van der Waals surface area contributed by atoms with E-state index in [-0.39, 0.29) is 18.4 Å². The van der Waals surface area contributed by atoms with Gasteiger partial charge in [0, 0.05) is 12.8 Å². The second-order valence-electron chi connectivity index (χ2n) is 4.47. The number of carbonyl (C=O) groups is 2. The van der Waals surface area contributed by atoms with Gasteiger partial charge in [0.05, 0.1) is 12.1 Å². The molecule has 0 bridgehead atoms. The Morgan fingerprint density at radius 2 is 1.87 bits per heavy atom. The number of piperidine rings is 1. The topological polar surface area (TPSA) is 57.6 Å². The summed E-state index contributed by atoms with van der Waals surface area (Å²) in [5.74, 6) is -0.301. The van der Waals surface area contributed by atoms with Gasteiger partial charge in [0.2, 0.25) is 11.8 Å². The van der Waals surface area contributed by atoms with Crippen molar-refractivity contribution in [2.45, 2.75) is 51.6 Å². The van der Waals surface area contributed by atoms with Gasteiger partial charge in [-0.05, 0) is 19.8 Å². The van der Waals surface area contributed by atoms with Gasteiger partial charge in [-0.2, -0.15) is 0 Å². The Balaban J connectivity index is 2.62. The van der Waals surface area contributed by atoms with E-state index in [0.29, 0.717) is 25.7 Å². The van der Waals surface area contributed by atoms with E-state index in [0.717, 1.165) is 6.42 Å². The molecule has 1 heterocycles. The van der Waals surface area contributed by atoms with Gasteiger partial charge < -0.3 is 5.11 Å². The van der Waals surface area contributed by atoms with E-state index in [1.54, 1.807) is 6.92 Å². The lowest BCUT2D eigenvalue weighted by Crippen LogP contribution is -2.48. The van der Waals surface area contributed by atoms with Crippen LogP contribution >= 0.6 is 0 Å². The van der Waals surface area contributed by atoms with Gasteiger partial charge in [-0.1, -0.05) is 13.3 Å². The fraction of sp³-hybridized carbons (Fsp3) is 0.818. The van der Waals surface area contributed by atoms with Crippen LogP contribution in [0.4, 0.5) is 0 Å². The predicted octanol–water partition coefficient (Wildman–Crippen LogP) is 1.08. The molecule has 2 amide bonds. The summed E-state index contributed by atoms with van der Waals surface area (Å²) in [5, 5.41) is 9.96. The molecule has 1 aliphatic heterocycles. The van der Waals surface area contributed by atoms with Crippen LogP contribution in [0.15, 0.2) is 0 Å². The van der Waals surface area contributed by atoms with Crippen molar-refractivity contribution in [3.05, 3.63) is 0 Å². The third-order valence-corrected chi connectivity index (χ3v) is 2.67. The first-order chi connectivity index (χ1) is 6.96. The molecule has 0 radical (unpaired) electrons. The molecule has 1 aliphatic rings. The van der Waals surface area contributed by atoms with Crippen molar-refractivity contribution in [3.63, 3.8) is 0 Å². The monoisotopic (exact) mass is 213 g/mol. The Bertz CT molecular complexity index is 245. The van der Waals surface area contributed by atoms with Gasteiger partial charge in [0.1, 0.15) is 0 Å². The number of likely N-dealkylation sites (tertiary alicyclic amines) is 1. The Morgan fingerprint density at radius 1 is 1.33 bits per heavy atom. The van der Waals surface area contributed by atoms with Crippen molar-refractivity contribution in [2.75, 3.05) is 6.54 Å². The molecule has 1 rings (SSSR count). The maximum atomic E-state index is 11.5. The molecule has 1 saturated heterocycles. The molecule has 4 heteroatoms. The standard InChI is InChI=1S/C11H19NO3/c1-3-7-11(2,15)8-12-9(13)5-4-6-10(12)14/h15H,3-8H2,1-2H3. The minimum absolute atomic E-state index is 0.137. The zero-order valence-electron chi connectivity index (χ0n) is 9.45. The predicted molar refractivity (Wildman–Crippen MR) is 56.1 cm³/mol. The lowest BCUT2D eigenvalue weighted by Gasteiger charge is -2.32. The van der Waals surface area contributed by atoms with Crippen LogP contribution in [0.5, 0.6) is 0 Å². The molecule has 0 aromatic rings. The van der Waals surface area contributed by atoms with Crippen LogP contribution in [-0.4, -0.2) is 34.0 Å². The highest BCUT2D eigenvalue weighted by atomic mass is 16.3. The minimum atomic E-state index is -0.947. The quantitative estimate of drug-likeness (QED) is 0.711. The van der Waals surface area contributed by atoms with Crippen molar-refractivity contribution in [2.24, 2.45) is 0 Å². The van der Waals surface area contributed by atoms with Crippen molar-refractivity contribution in [3.8, 4) is 0 Å². The maximum Gasteiger partial charge on any atom is 0.229 e. The van der Waals surface area contributed by atoms with Crippen molar-refractivity contribution < 1.29 is 14.7 Å². The van der Waals surface area contributed by atoms with Gasteiger partial charge in [-0.25, -0.2) is 0 Å². The first-order valence-electron chi connectivity index (χ1n) is 5.52. The van der Waals surface area contributed by atoms with Crippen LogP contribution in [0, 0.1) is 0 Å². The smallest absolute Gasteiger partial charge is 0.229 e. The van der Waals surface area contributed by atoms with E-state index in [1.807, 2.05) is 6.92 Å². The molecule has 1 atom stereocenters. The molecule has 15 heavy (non-hydrogen) atoms. The van der Waals surface area contributed by atoms with E-state index in [9.17, 15) is 14.7 Å². The van der Waals surface area contributed by atoms with Gasteiger partial charge in [-0.15, -0.1) is 0 Å². The number of amides is 2. The zero-order valence-corrected chi connectivity index (χ0v) is 9.45. The zero-order chi connectivity index (χ0) is 11.5. The second-order valence-corrected chi connectivity index (χ2v) is 4.47. The van der Waals surface area contributed by atoms with Crippen LogP contribution in [0.2, 0.25) is 0 Å². The van der Waals surface area contributed by atoms with Crippen LogP contribution in [0.3, 0.4) is 0 Å². The van der Waals surface area contributed by atoms with E-state index in [1.165, 1.54) is 4.90 Å². The highest BCUT2D eigenvalue weighted by Gasteiger charge is 2.32. The summed E-state index contributed by atoms with van der Waals surface area (Å²) in [5.41, 5.74) is -0.947. The van der Waals surface area contributed by atoms with Crippen LogP contribution in [0.25, 0.3) is 0 Å². The molecule has 1 fully saturated rings. The molecule has 0 aromatic carbocycles. The normalized spacial score (nSPS) is 21.7. The Labute approximate surface area is 90.3 Å². The van der Waals surface area contributed by atoms with Crippen LogP contribution < -0.4 is 0 Å². The van der Waals surface area contributed by atoms with Gasteiger partial charge >= 0.3 is 0 Å². The number of imide groups is 1. The highest BCUT2D eigenvalue weighted by molar-refractivity contribution is 5.97. The van der Waals surface area contributed by atoms with Crippen LogP contribution in [0.1, 0.15) is 46.0 Å². The maximum absolute atomic E-state index is 11.5. The minimum Gasteiger partial charge on any atom is -0.388 e. The summed E-state index contributed by atoms with van der Waals surface area (Å²) in [7, 11) is 0. The summed E-state index contributed by atoms with van der Waals surface area (Å²) in [6.07, 6.45) is 2.93. The number of β-amino-alcohol motifs (C(OH)–C–C–N with tert-alkyl or cyclic N) is 1. The summed E-state index contributed by atoms with van der Waals surface area (Å²) >= 11 is 0. The van der Waals surface area contributed by atoms with E-state index >= 15 is 0 Å². The van der Waals surface area contributed by atoms with Gasteiger partial charge in [0.25, 0.3) is 0 Å². The lowest BCUT2D eigenvalue weighted by molar-refractivity contribution is -0.152. The molecule has 0 aliphatic carbocycles. The van der Waals surface area contributed by atoms with E-state index in [4.69, 9.17) is 0 Å². The number of nitrogens with zero attached hydrogens (tertiary/aromatic N) is 1. The molecular weight excluding hydrogens is 194 g/mol. The summed E-state index contributed by atoms with van der Waals surface area (Å²) in [6, 6.07) is 0. The molecule has 1 N–H and O–H groups in total. The molecular formula is C11H19NO3. The van der Waals surface area contributed by atoms with E-state index < -0.39 is 5.60 Å². The number of aliphatic hydroxyl groups is 1. The van der Waals surface area contributed by atoms with Crippen molar-refractivity contribution >= 4 is 11.8 Å². The second kappa shape index (κ2) is 4.75. The number of carbonyl (C=O) groups excluding carboxylic acids is 2. The Hall–Kier alpha value is -0.900. The molecule has 1 unspecified atom stereocenters. The van der Waals surface area contributed by atoms with Crippen molar-refractivity contribution in [1.29, 1.82) is 0 Å². The van der Waals surface area contributed by atoms with Crippen molar-refractivity contribution in [1.82, 2.24) is 4.90 Å². The Kier molecular flexibility index (Phi) is 3.85. The first kappa shape index (κ1) is 12.2. The molecule has 0 spiro atoms. The van der Waals surface area contributed by atoms with E-state index in [2.05, 4.69) is 0 Å². The Morgan fingerprint density at radius 3 is 2.33 bits per heavy atom. The number of hydrogen-bond acceptors (Lipinski definition) is 3.